The lowest BCUT2D eigenvalue weighted by Crippen LogP contribution is -2.27. The Morgan fingerprint density at radius 2 is 1.01 bits per heavy atom. The van der Waals surface area contributed by atoms with Gasteiger partial charge in [0.15, 0.2) is 0 Å². The van der Waals surface area contributed by atoms with Crippen LogP contribution >= 0.6 is 0 Å². The Morgan fingerprint density at radius 1 is 0.378 bits per heavy atom. The highest BCUT2D eigenvalue weighted by molar-refractivity contribution is 6.22. The molecule has 14 aromatic rings. The second-order valence-electron chi connectivity index (χ2n) is 20.8. The molecule has 348 valence electrons. The highest BCUT2D eigenvalue weighted by Crippen LogP contribution is 2.59. The maximum absolute atomic E-state index is 4.16. The summed E-state index contributed by atoms with van der Waals surface area (Å²) in [6.45, 7) is 0. The van der Waals surface area contributed by atoms with Crippen LogP contribution in [-0.2, 0) is 6.42 Å². The SMILES string of the molecule is C1=Cc2c(cc(C3N4C(c5ccc6ccccc6c5)NC(c5ccc6c(-n7c8cc(-n9c%10ccccc%10c%10c%11ccccc%11ccc%109)ccc8c8cc9ccccc9cc87)cccc6c5)N34)c3ccccc23)CC1. The molecule has 4 heterocycles. The lowest BCUT2D eigenvalue weighted by molar-refractivity contribution is 0.314. The molecule has 17 rings (SSSR count). The summed E-state index contributed by atoms with van der Waals surface area (Å²) in [7, 11) is 0. The van der Waals surface area contributed by atoms with Crippen LogP contribution in [0.4, 0.5) is 0 Å². The van der Waals surface area contributed by atoms with Crippen LogP contribution in [0.5, 0.6) is 0 Å². The van der Waals surface area contributed by atoms with Crippen molar-refractivity contribution in [2.24, 2.45) is 0 Å². The van der Waals surface area contributed by atoms with Crippen molar-refractivity contribution < 1.29 is 0 Å². The molecule has 5 nitrogen and oxygen atoms in total. The summed E-state index contributed by atoms with van der Waals surface area (Å²) in [4.78, 5) is 0. The molecule has 5 unspecified atom stereocenters. The third kappa shape index (κ3) is 5.80. The third-order valence-electron chi connectivity index (χ3n) is 16.9. The van der Waals surface area contributed by atoms with Crippen molar-refractivity contribution >= 4 is 104 Å². The summed E-state index contributed by atoms with van der Waals surface area (Å²) in [5, 5.41) is 27.1. The van der Waals surface area contributed by atoms with Crippen molar-refractivity contribution in [2.45, 2.75) is 31.3 Å². The Kier molecular flexibility index (Phi) is 8.44. The molecule has 12 aromatic carbocycles. The van der Waals surface area contributed by atoms with E-state index in [9.17, 15) is 0 Å². The van der Waals surface area contributed by atoms with Crippen LogP contribution in [0.2, 0.25) is 0 Å². The van der Waals surface area contributed by atoms with E-state index < -0.39 is 0 Å². The zero-order valence-corrected chi connectivity index (χ0v) is 40.5. The van der Waals surface area contributed by atoms with Gasteiger partial charge in [0.05, 0.1) is 27.8 Å². The normalized spacial score (nSPS) is 19.3. The highest BCUT2D eigenvalue weighted by Gasteiger charge is 2.61. The van der Waals surface area contributed by atoms with Crippen molar-refractivity contribution in [3.63, 3.8) is 0 Å². The molecule has 0 amide bonds. The van der Waals surface area contributed by atoms with Gasteiger partial charge in [0.2, 0.25) is 0 Å². The molecule has 5 heteroatoms. The Hall–Kier alpha value is -8.84. The van der Waals surface area contributed by atoms with E-state index in [2.05, 4.69) is 261 Å². The topological polar surface area (TPSA) is 27.9 Å². The number of para-hydroxylation sites is 1. The molecule has 1 aliphatic carbocycles. The van der Waals surface area contributed by atoms with Crippen LogP contribution < -0.4 is 5.32 Å². The number of nitrogens with zero attached hydrogens (tertiary/aromatic N) is 4. The molecule has 5 atom stereocenters. The van der Waals surface area contributed by atoms with Gasteiger partial charge in [0, 0.05) is 32.6 Å². The van der Waals surface area contributed by atoms with Gasteiger partial charge in [-0.05, 0) is 144 Å². The Balaban J connectivity index is 0.841. The number of aromatic nitrogens is 2. The molecule has 3 aliphatic rings. The second-order valence-corrected chi connectivity index (χ2v) is 20.8. The quantitative estimate of drug-likeness (QED) is 0.174. The first-order chi connectivity index (χ1) is 36.7. The fourth-order valence-electron chi connectivity index (χ4n) is 13.5. The molecule has 1 N–H and O–H groups in total. The third-order valence-corrected chi connectivity index (χ3v) is 16.9. The monoisotopic (exact) mass is 945 g/mol. The first kappa shape index (κ1) is 40.7. The molecule has 0 saturated carbocycles. The largest absolute Gasteiger partial charge is 0.309 e. The van der Waals surface area contributed by atoms with E-state index in [-0.39, 0.29) is 18.5 Å². The summed E-state index contributed by atoms with van der Waals surface area (Å²) in [5.41, 5.74) is 13.9. The molecular formula is C69H47N5. The fraction of sp³-hybridized carbons (Fsp3) is 0.0725. The standard InChI is InChI=1S/C69H47N5/c1-2-16-44-36-49(29-28-42(44)14-1)67-70-68(74-69(73(67)74)60-39-48-19-6-7-21-52(48)55-23-9-10-24-56(55)60)50-30-33-53-47(37-50)20-13-27-61(53)72-64-40-46-18-4-3-17-45(46)38-59(64)57-34-32-51(41-65(57)72)71-62-26-12-11-25-58(62)66-54-22-8-5-15-43(54)31-35-63(66)71/h1-5,7-18,20-41,67-70H,6,19H2. The molecule has 2 saturated heterocycles. The van der Waals surface area contributed by atoms with Gasteiger partial charge in [0.25, 0.3) is 0 Å². The minimum Gasteiger partial charge on any atom is -0.309 e. The van der Waals surface area contributed by atoms with Crippen LogP contribution in [0.3, 0.4) is 0 Å². The van der Waals surface area contributed by atoms with Gasteiger partial charge in [-0.25, -0.2) is 0 Å². The predicted molar refractivity (Wildman–Crippen MR) is 308 cm³/mol. The summed E-state index contributed by atoms with van der Waals surface area (Å²) in [6, 6.07) is 84.3. The smallest absolute Gasteiger partial charge is 0.120 e. The van der Waals surface area contributed by atoms with Crippen LogP contribution in [0.15, 0.2) is 231 Å². The average molecular weight is 946 g/mol. The van der Waals surface area contributed by atoms with E-state index in [1.807, 2.05) is 0 Å². The van der Waals surface area contributed by atoms with Gasteiger partial charge in [-0.1, -0.05) is 182 Å². The predicted octanol–water partition coefficient (Wildman–Crippen LogP) is 17.1. The number of fused-ring (bicyclic) bond motifs is 15. The van der Waals surface area contributed by atoms with Crippen molar-refractivity contribution in [3.05, 3.63) is 258 Å². The number of hydrogen-bond donors (Lipinski definition) is 1. The summed E-state index contributed by atoms with van der Waals surface area (Å²) in [5.74, 6) is 0. The molecule has 0 radical (unpaired) electrons. The fourth-order valence-corrected chi connectivity index (χ4v) is 13.5. The number of rotatable bonds is 5. The molecule has 0 bridgehead atoms. The second kappa shape index (κ2) is 15.3. The lowest BCUT2D eigenvalue weighted by Gasteiger charge is -2.23. The van der Waals surface area contributed by atoms with E-state index in [1.54, 1.807) is 0 Å². The first-order valence-corrected chi connectivity index (χ1v) is 26.1. The number of nitrogens with one attached hydrogen (secondary N) is 1. The first-order valence-electron chi connectivity index (χ1n) is 26.1. The van der Waals surface area contributed by atoms with Crippen LogP contribution in [0.25, 0.3) is 115 Å². The molecular weight excluding hydrogens is 899 g/mol. The number of hydrogen-bond acceptors (Lipinski definition) is 3. The van der Waals surface area contributed by atoms with Gasteiger partial charge in [-0.2, -0.15) is 10.0 Å². The average Bonchev–Trinajstić information content (AvgIpc) is 3.82. The van der Waals surface area contributed by atoms with Crippen LogP contribution in [0, 0.1) is 0 Å². The lowest BCUT2D eigenvalue weighted by atomic mass is 9.88. The van der Waals surface area contributed by atoms with E-state index in [0.29, 0.717) is 0 Å². The number of hydrazine groups is 1. The molecule has 2 aromatic heterocycles. The summed E-state index contributed by atoms with van der Waals surface area (Å²) in [6.07, 6.45) is 6.92. The maximum atomic E-state index is 4.16. The van der Waals surface area contributed by atoms with Crippen molar-refractivity contribution in [2.75, 3.05) is 0 Å². The van der Waals surface area contributed by atoms with Gasteiger partial charge < -0.3 is 9.13 Å². The van der Waals surface area contributed by atoms with Gasteiger partial charge in [-0.15, -0.1) is 0 Å². The van der Waals surface area contributed by atoms with E-state index in [4.69, 9.17) is 0 Å². The molecule has 74 heavy (non-hydrogen) atoms. The summed E-state index contributed by atoms with van der Waals surface area (Å²) >= 11 is 0. The Morgan fingerprint density at radius 3 is 1.85 bits per heavy atom. The van der Waals surface area contributed by atoms with Gasteiger partial charge >= 0.3 is 0 Å². The van der Waals surface area contributed by atoms with E-state index in [1.165, 1.54) is 131 Å². The Bertz CT molecular complexity index is 4770. The zero-order valence-electron chi connectivity index (χ0n) is 40.5. The molecule has 2 fully saturated rings. The zero-order chi connectivity index (χ0) is 48.2. The van der Waals surface area contributed by atoms with Crippen molar-refractivity contribution in [1.29, 1.82) is 0 Å². The molecule has 0 spiro atoms. The van der Waals surface area contributed by atoms with Crippen LogP contribution in [-0.4, -0.2) is 19.2 Å². The number of aryl methyl sites for hydroxylation is 1. The molecule has 2 aliphatic heterocycles. The highest BCUT2D eigenvalue weighted by atomic mass is 15.9. The number of allylic oxidation sites excluding steroid dienone is 1. The van der Waals surface area contributed by atoms with Crippen LogP contribution in [0.1, 0.15) is 52.7 Å². The Labute approximate surface area is 427 Å². The van der Waals surface area contributed by atoms with E-state index in [0.717, 1.165) is 18.5 Å². The van der Waals surface area contributed by atoms with Crippen molar-refractivity contribution in [1.82, 2.24) is 24.5 Å². The number of benzene rings is 12. The van der Waals surface area contributed by atoms with Gasteiger partial charge in [0.1, 0.15) is 18.5 Å². The van der Waals surface area contributed by atoms with Gasteiger partial charge in [-0.3, -0.25) is 5.32 Å². The maximum Gasteiger partial charge on any atom is 0.120 e. The minimum absolute atomic E-state index is 0.00112. The summed E-state index contributed by atoms with van der Waals surface area (Å²) < 4.78 is 5.01. The van der Waals surface area contributed by atoms with E-state index >= 15 is 0 Å². The minimum atomic E-state index is -0.0373. The van der Waals surface area contributed by atoms with Crippen molar-refractivity contribution in [3.8, 4) is 11.4 Å².